The van der Waals surface area contributed by atoms with Gasteiger partial charge in [0.2, 0.25) is 0 Å². The number of nitrogens with zero attached hydrogens (tertiary/aromatic N) is 3. The van der Waals surface area contributed by atoms with Crippen molar-refractivity contribution in [3.05, 3.63) is 89.8 Å². The summed E-state index contributed by atoms with van der Waals surface area (Å²) in [6, 6.07) is 14.9. The fraction of sp³-hybridized carbons (Fsp3) is 0.333. The number of nitrogens with one attached hydrogen (secondary N) is 2. The lowest BCUT2D eigenvalue weighted by molar-refractivity contribution is 0.0791. The van der Waals surface area contributed by atoms with Gasteiger partial charge >= 0.3 is 0 Å². The lowest BCUT2D eigenvalue weighted by Gasteiger charge is -2.18. The number of hydrogen-bond acceptors (Lipinski definition) is 4. The van der Waals surface area contributed by atoms with E-state index in [9.17, 15) is 9.18 Å². The van der Waals surface area contributed by atoms with Crippen LogP contribution in [0.4, 0.5) is 4.39 Å². The fourth-order valence-electron chi connectivity index (χ4n) is 3.99. The summed E-state index contributed by atoms with van der Waals surface area (Å²) in [5, 5.41) is 0. The first kappa shape index (κ1) is 21.2. The average Bonchev–Trinajstić information content (AvgIpc) is 3.46. The second-order valence-corrected chi connectivity index (χ2v) is 8.13. The van der Waals surface area contributed by atoms with Gasteiger partial charge in [0.15, 0.2) is 0 Å². The quantitative estimate of drug-likeness (QED) is 0.584. The van der Waals surface area contributed by atoms with Crippen LogP contribution >= 0.6 is 0 Å². The third-order valence-electron chi connectivity index (χ3n) is 5.75. The number of halogens is 1. The summed E-state index contributed by atoms with van der Waals surface area (Å²) >= 11 is 0. The van der Waals surface area contributed by atoms with Crippen LogP contribution in [0.15, 0.2) is 67.3 Å². The van der Waals surface area contributed by atoms with Crippen LogP contribution < -0.4 is 10.9 Å². The zero-order valence-corrected chi connectivity index (χ0v) is 17.7. The van der Waals surface area contributed by atoms with Crippen molar-refractivity contribution in [3.8, 4) is 0 Å². The Morgan fingerprint density at radius 3 is 2.81 bits per heavy atom. The average molecular weight is 422 g/mol. The molecule has 0 saturated carbocycles. The molecule has 1 aromatic heterocycles. The number of rotatable bonds is 8. The Hall–Kier alpha value is -3.03. The third-order valence-corrected chi connectivity index (χ3v) is 5.75. The maximum absolute atomic E-state index is 13.4. The predicted molar refractivity (Wildman–Crippen MR) is 118 cm³/mol. The number of benzene rings is 2. The molecular formula is C24H28FN5O. The second-order valence-electron chi connectivity index (χ2n) is 8.13. The molecule has 0 aliphatic carbocycles. The monoisotopic (exact) mass is 421 g/mol. The van der Waals surface area contributed by atoms with Gasteiger partial charge in [-0.3, -0.25) is 15.6 Å². The van der Waals surface area contributed by atoms with Gasteiger partial charge in [0.25, 0.3) is 5.91 Å². The maximum atomic E-state index is 13.4. The molecule has 6 nitrogen and oxygen atoms in total. The Morgan fingerprint density at radius 2 is 2.06 bits per heavy atom. The second kappa shape index (κ2) is 9.85. The molecule has 2 heterocycles. The van der Waals surface area contributed by atoms with Gasteiger partial charge in [0.05, 0.1) is 6.33 Å². The van der Waals surface area contributed by atoms with Crippen molar-refractivity contribution in [1.29, 1.82) is 0 Å². The highest BCUT2D eigenvalue weighted by atomic mass is 19.1. The number of amides is 1. The van der Waals surface area contributed by atoms with E-state index in [1.165, 1.54) is 6.07 Å². The van der Waals surface area contributed by atoms with Crippen molar-refractivity contribution in [2.75, 3.05) is 13.6 Å². The zero-order valence-electron chi connectivity index (χ0n) is 17.7. The van der Waals surface area contributed by atoms with Crippen LogP contribution in [0.3, 0.4) is 0 Å². The van der Waals surface area contributed by atoms with Crippen LogP contribution in [0.25, 0.3) is 0 Å². The van der Waals surface area contributed by atoms with E-state index in [4.69, 9.17) is 0 Å². The van der Waals surface area contributed by atoms with Crippen LogP contribution in [0.2, 0.25) is 0 Å². The minimum atomic E-state index is -0.211. The van der Waals surface area contributed by atoms with E-state index in [-0.39, 0.29) is 17.8 Å². The smallest absolute Gasteiger partial charge is 0.253 e. The van der Waals surface area contributed by atoms with Gasteiger partial charge in [-0.1, -0.05) is 24.3 Å². The van der Waals surface area contributed by atoms with Crippen molar-refractivity contribution in [1.82, 2.24) is 25.3 Å². The summed E-state index contributed by atoms with van der Waals surface area (Å²) < 4.78 is 15.4. The number of hydrogen-bond donors (Lipinski definition) is 2. The van der Waals surface area contributed by atoms with Gasteiger partial charge in [-0.15, -0.1) is 0 Å². The van der Waals surface area contributed by atoms with E-state index < -0.39 is 0 Å². The minimum absolute atomic E-state index is 0.0318. The molecule has 3 aromatic rings. The standard InChI is InChI=1S/C24H28FN5O/c1-29(24(31)19-9-7-18(8-10-19)16-30-13-11-26-17-30)12-3-6-22-15-23(28-27-22)20-4-2-5-21(25)14-20/h2,4-5,7-11,13-14,17,22-23,27-28H,3,6,12,15-16H2,1H3. The van der Waals surface area contributed by atoms with Gasteiger partial charge in [0, 0.05) is 50.2 Å². The summed E-state index contributed by atoms with van der Waals surface area (Å²) in [6.07, 6.45) is 8.20. The van der Waals surface area contributed by atoms with E-state index >= 15 is 0 Å². The topological polar surface area (TPSA) is 62.2 Å². The van der Waals surface area contributed by atoms with E-state index in [0.29, 0.717) is 18.2 Å². The molecule has 1 aliphatic heterocycles. The van der Waals surface area contributed by atoms with E-state index in [1.54, 1.807) is 29.6 Å². The summed E-state index contributed by atoms with van der Waals surface area (Å²) in [5.74, 6) is -0.179. The Labute approximate surface area is 182 Å². The highest BCUT2D eigenvalue weighted by molar-refractivity contribution is 5.94. The van der Waals surface area contributed by atoms with E-state index in [1.807, 2.05) is 48.1 Å². The fourth-order valence-corrected chi connectivity index (χ4v) is 3.99. The van der Waals surface area contributed by atoms with Crippen molar-refractivity contribution < 1.29 is 9.18 Å². The minimum Gasteiger partial charge on any atom is -0.342 e. The number of aromatic nitrogens is 2. The third kappa shape index (κ3) is 5.57. The van der Waals surface area contributed by atoms with Gasteiger partial charge in [-0.05, 0) is 54.7 Å². The van der Waals surface area contributed by atoms with E-state index in [2.05, 4.69) is 15.8 Å². The lowest BCUT2D eigenvalue weighted by Crippen LogP contribution is -2.32. The molecule has 0 radical (unpaired) electrons. The van der Waals surface area contributed by atoms with Crippen molar-refractivity contribution in [2.24, 2.45) is 0 Å². The Balaban J connectivity index is 1.21. The molecule has 1 aliphatic rings. The SMILES string of the molecule is CN(CCCC1CC(c2cccc(F)c2)NN1)C(=O)c1ccc(Cn2ccnc2)cc1. The summed E-state index contributed by atoms with van der Waals surface area (Å²) in [7, 11) is 1.84. The van der Waals surface area contributed by atoms with Crippen molar-refractivity contribution in [2.45, 2.75) is 37.9 Å². The molecule has 2 N–H and O–H groups in total. The molecule has 0 bridgehead atoms. The van der Waals surface area contributed by atoms with Crippen LogP contribution in [0.5, 0.6) is 0 Å². The van der Waals surface area contributed by atoms with Crippen LogP contribution in [-0.4, -0.2) is 40.0 Å². The van der Waals surface area contributed by atoms with Crippen molar-refractivity contribution in [3.63, 3.8) is 0 Å². The first-order chi connectivity index (χ1) is 15.1. The predicted octanol–water partition coefficient (Wildman–Crippen LogP) is 3.53. The molecule has 4 rings (SSSR count). The van der Waals surface area contributed by atoms with Gasteiger partial charge in [-0.2, -0.15) is 0 Å². The number of hydrazine groups is 1. The number of imidazole rings is 1. The van der Waals surface area contributed by atoms with Gasteiger partial charge in [0.1, 0.15) is 5.82 Å². The Morgan fingerprint density at radius 1 is 1.23 bits per heavy atom. The molecule has 7 heteroatoms. The molecular weight excluding hydrogens is 393 g/mol. The first-order valence-corrected chi connectivity index (χ1v) is 10.6. The van der Waals surface area contributed by atoms with Crippen molar-refractivity contribution >= 4 is 5.91 Å². The molecule has 1 amide bonds. The van der Waals surface area contributed by atoms with Crippen LogP contribution in [0.1, 0.15) is 46.8 Å². The van der Waals surface area contributed by atoms with Gasteiger partial charge < -0.3 is 9.47 Å². The summed E-state index contributed by atoms with van der Waals surface area (Å²) in [4.78, 5) is 18.5. The molecule has 1 saturated heterocycles. The molecule has 31 heavy (non-hydrogen) atoms. The zero-order chi connectivity index (χ0) is 21.6. The molecule has 0 spiro atoms. The largest absolute Gasteiger partial charge is 0.342 e. The molecule has 1 fully saturated rings. The van der Waals surface area contributed by atoms with E-state index in [0.717, 1.165) is 36.9 Å². The highest BCUT2D eigenvalue weighted by Gasteiger charge is 2.25. The lowest BCUT2D eigenvalue weighted by atomic mass is 9.99. The summed E-state index contributed by atoms with van der Waals surface area (Å²) in [6.45, 7) is 1.43. The molecule has 2 atom stereocenters. The molecule has 2 aromatic carbocycles. The van der Waals surface area contributed by atoms with Gasteiger partial charge in [-0.25, -0.2) is 9.37 Å². The maximum Gasteiger partial charge on any atom is 0.253 e. The summed E-state index contributed by atoms with van der Waals surface area (Å²) in [5.41, 5.74) is 9.34. The Kier molecular flexibility index (Phi) is 6.74. The normalized spacial score (nSPS) is 18.3. The number of carbonyl (C=O) groups excluding carboxylic acids is 1. The van der Waals surface area contributed by atoms with Crippen LogP contribution in [0, 0.1) is 5.82 Å². The Bertz CT molecular complexity index is 989. The van der Waals surface area contributed by atoms with Crippen LogP contribution in [-0.2, 0) is 6.54 Å². The number of carbonyl (C=O) groups is 1. The molecule has 162 valence electrons. The first-order valence-electron chi connectivity index (χ1n) is 10.6. The highest BCUT2D eigenvalue weighted by Crippen LogP contribution is 2.24. The molecule has 2 unspecified atom stereocenters.